The van der Waals surface area contributed by atoms with Crippen molar-refractivity contribution in [2.75, 3.05) is 7.11 Å². The first kappa shape index (κ1) is 17.5. The lowest BCUT2D eigenvalue weighted by atomic mass is 10.1. The Bertz CT molecular complexity index is 881. The van der Waals surface area contributed by atoms with Gasteiger partial charge in [-0.25, -0.2) is 0 Å². The first-order valence-corrected chi connectivity index (χ1v) is 8.38. The monoisotopic (exact) mass is 344 g/mol. The van der Waals surface area contributed by atoms with Gasteiger partial charge in [-0.3, -0.25) is 4.79 Å². The number of ketones is 1. The molecule has 0 atom stereocenters. The molecule has 0 radical (unpaired) electrons. The second kappa shape index (κ2) is 8.67. The highest BCUT2D eigenvalue weighted by molar-refractivity contribution is 6.08. The van der Waals surface area contributed by atoms with Gasteiger partial charge in [-0.05, 0) is 41.5 Å². The molecule has 0 bridgehead atoms. The summed E-state index contributed by atoms with van der Waals surface area (Å²) in [6.07, 6.45) is 3.34. The molecule has 3 heteroatoms. The van der Waals surface area contributed by atoms with E-state index in [1.165, 1.54) is 0 Å². The predicted octanol–water partition coefficient (Wildman–Crippen LogP) is 5.17. The van der Waals surface area contributed by atoms with Crippen molar-refractivity contribution >= 4 is 11.9 Å². The van der Waals surface area contributed by atoms with E-state index in [0.717, 1.165) is 16.9 Å². The SMILES string of the molecule is COc1ccccc1C(=O)/C=C/c1ccc(OCc2ccccc2)cc1. The van der Waals surface area contributed by atoms with Crippen LogP contribution >= 0.6 is 0 Å². The number of allylic oxidation sites excluding steroid dienone is 1. The molecule has 130 valence electrons. The second-order valence-electron chi connectivity index (χ2n) is 5.74. The van der Waals surface area contributed by atoms with Crippen LogP contribution in [-0.4, -0.2) is 12.9 Å². The average Bonchev–Trinajstić information content (AvgIpc) is 2.72. The molecule has 0 heterocycles. The fraction of sp³-hybridized carbons (Fsp3) is 0.0870. The highest BCUT2D eigenvalue weighted by Gasteiger charge is 2.07. The zero-order valence-corrected chi connectivity index (χ0v) is 14.6. The lowest BCUT2D eigenvalue weighted by molar-refractivity contribution is 0.104. The van der Waals surface area contributed by atoms with Gasteiger partial charge in [0, 0.05) is 0 Å². The largest absolute Gasteiger partial charge is 0.496 e. The number of ether oxygens (including phenoxy) is 2. The van der Waals surface area contributed by atoms with Crippen LogP contribution in [0.25, 0.3) is 6.08 Å². The van der Waals surface area contributed by atoms with Crippen LogP contribution in [0, 0.1) is 0 Å². The molecule has 0 saturated heterocycles. The van der Waals surface area contributed by atoms with E-state index < -0.39 is 0 Å². The third-order valence-corrected chi connectivity index (χ3v) is 3.93. The summed E-state index contributed by atoms with van der Waals surface area (Å²) in [6, 6.07) is 24.9. The van der Waals surface area contributed by atoms with Crippen LogP contribution < -0.4 is 9.47 Å². The summed E-state index contributed by atoms with van der Waals surface area (Å²) in [6.45, 7) is 0.530. The molecule has 3 aromatic carbocycles. The molecule has 0 aliphatic rings. The molecule has 3 rings (SSSR count). The summed E-state index contributed by atoms with van der Waals surface area (Å²) in [5, 5.41) is 0. The molecule has 0 fully saturated rings. The summed E-state index contributed by atoms with van der Waals surface area (Å²) in [4.78, 5) is 12.3. The lowest BCUT2D eigenvalue weighted by Gasteiger charge is -2.06. The number of methoxy groups -OCH3 is 1. The number of carbonyl (C=O) groups excluding carboxylic acids is 1. The van der Waals surface area contributed by atoms with Crippen molar-refractivity contribution in [1.82, 2.24) is 0 Å². The van der Waals surface area contributed by atoms with Gasteiger partial charge in [0.2, 0.25) is 0 Å². The van der Waals surface area contributed by atoms with E-state index in [4.69, 9.17) is 9.47 Å². The highest BCUT2D eigenvalue weighted by Crippen LogP contribution is 2.19. The molecule has 0 amide bonds. The van der Waals surface area contributed by atoms with Gasteiger partial charge in [-0.2, -0.15) is 0 Å². The number of rotatable bonds is 7. The van der Waals surface area contributed by atoms with Crippen LogP contribution in [0.5, 0.6) is 11.5 Å². The van der Waals surface area contributed by atoms with Crippen LogP contribution in [-0.2, 0) is 6.61 Å². The van der Waals surface area contributed by atoms with Crippen molar-refractivity contribution in [3.8, 4) is 11.5 Å². The molecule has 0 aromatic heterocycles. The van der Waals surface area contributed by atoms with Crippen LogP contribution in [0.15, 0.2) is 84.9 Å². The molecule has 3 nitrogen and oxygen atoms in total. The molecule has 0 aliphatic heterocycles. The standard InChI is InChI=1S/C23H20O3/c1-25-23-10-6-5-9-21(23)22(24)16-13-18-11-14-20(15-12-18)26-17-19-7-3-2-4-8-19/h2-16H,17H2,1H3/b16-13+. The second-order valence-corrected chi connectivity index (χ2v) is 5.74. The summed E-state index contributed by atoms with van der Waals surface area (Å²) in [7, 11) is 1.56. The van der Waals surface area contributed by atoms with Gasteiger partial charge in [-0.1, -0.05) is 60.7 Å². The minimum atomic E-state index is -0.0909. The van der Waals surface area contributed by atoms with E-state index >= 15 is 0 Å². The molecule has 0 saturated carbocycles. The Balaban J connectivity index is 1.61. The van der Waals surface area contributed by atoms with E-state index in [1.807, 2.05) is 66.7 Å². The van der Waals surface area contributed by atoms with Gasteiger partial charge in [0.05, 0.1) is 12.7 Å². The van der Waals surface area contributed by atoms with Gasteiger partial charge >= 0.3 is 0 Å². The topological polar surface area (TPSA) is 35.5 Å². The van der Waals surface area contributed by atoms with E-state index in [9.17, 15) is 4.79 Å². The molecule has 0 N–H and O–H groups in total. The smallest absolute Gasteiger partial charge is 0.189 e. The molecular formula is C23H20O3. The maximum Gasteiger partial charge on any atom is 0.189 e. The molecule has 0 spiro atoms. The molecule has 0 unspecified atom stereocenters. The number of benzene rings is 3. The van der Waals surface area contributed by atoms with Crippen LogP contribution in [0.4, 0.5) is 0 Å². The summed E-state index contributed by atoms with van der Waals surface area (Å²) in [5.41, 5.74) is 2.60. The van der Waals surface area contributed by atoms with Crippen molar-refractivity contribution < 1.29 is 14.3 Å². The molecular weight excluding hydrogens is 324 g/mol. The first-order chi connectivity index (χ1) is 12.8. The zero-order chi connectivity index (χ0) is 18.2. The number of hydrogen-bond acceptors (Lipinski definition) is 3. The van der Waals surface area contributed by atoms with Crippen LogP contribution in [0.2, 0.25) is 0 Å². The predicted molar refractivity (Wildman–Crippen MR) is 104 cm³/mol. The average molecular weight is 344 g/mol. The minimum absolute atomic E-state index is 0.0909. The van der Waals surface area contributed by atoms with E-state index in [2.05, 4.69) is 0 Å². The summed E-state index contributed by atoms with van der Waals surface area (Å²) in [5.74, 6) is 1.28. The van der Waals surface area contributed by atoms with Crippen molar-refractivity contribution in [1.29, 1.82) is 0 Å². The van der Waals surface area contributed by atoms with Gasteiger partial charge in [-0.15, -0.1) is 0 Å². The van der Waals surface area contributed by atoms with Crippen LogP contribution in [0.3, 0.4) is 0 Å². The normalized spacial score (nSPS) is 10.7. The first-order valence-electron chi connectivity index (χ1n) is 8.38. The van der Waals surface area contributed by atoms with Gasteiger partial charge < -0.3 is 9.47 Å². The van der Waals surface area contributed by atoms with E-state index in [1.54, 1.807) is 31.4 Å². The number of hydrogen-bond donors (Lipinski definition) is 0. The fourth-order valence-electron chi connectivity index (χ4n) is 2.53. The maximum absolute atomic E-state index is 12.3. The quantitative estimate of drug-likeness (QED) is 0.438. The third kappa shape index (κ3) is 4.61. The Kier molecular flexibility index (Phi) is 5.84. The van der Waals surface area contributed by atoms with Gasteiger partial charge in [0.25, 0.3) is 0 Å². The fourth-order valence-corrected chi connectivity index (χ4v) is 2.53. The third-order valence-electron chi connectivity index (χ3n) is 3.93. The lowest BCUT2D eigenvalue weighted by Crippen LogP contribution is -1.98. The Labute approximate surface area is 153 Å². The van der Waals surface area contributed by atoms with Crippen molar-refractivity contribution in [3.05, 3.63) is 102 Å². The number of carbonyl (C=O) groups is 1. The Morgan fingerprint density at radius 3 is 2.31 bits per heavy atom. The van der Waals surface area contributed by atoms with Crippen molar-refractivity contribution in [2.24, 2.45) is 0 Å². The maximum atomic E-state index is 12.3. The zero-order valence-electron chi connectivity index (χ0n) is 14.6. The molecule has 0 aliphatic carbocycles. The Hall–Kier alpha value is -3.33. The highest BCUT2D eigenvalue weighted by atomic mass is 16.5. The van der Waals surface area contributed by atoms with Gasteiger partial charge in [0.1, 0.15) is 18.1 Å². The molecule has 3 aromatic rings. The minimum Gasteiger partial charge on any atom is -0.496 e. The van der Waals surface area contributed by atoms with E-state index in [-0.39, 0.29) is 5.78 Å². The Morgan fingerprint density at radius 2 is 1.58 bits per heavy atom. The van der Waals surface area contributed by atoms with Crippen molar-refractivity contribution in [2.45, 2.75) is 6.61 Å². The Morgan fingerprint density at radius 1 is 0.885 bits per heavy atom. The van der Waals surface area contributed by atoms with Gasteiger partial charge in [0.15, 0.2) is 5.78 Å². The van der Waals surface area contributed by atoms with Crippen molar-refractivity contribution in [3.63, 3.8) is 0 Å². The van der Waals surface area contributed by atoms with E-state index in [0.29, 0.717) is 17.9 Å². The molecule has 26 heavy (non-hydrogen) atoms. The van der Waals surface area contributed by atoms with Crippen LogP contribution in [0.1, 0.15) is 21.5 Å². The number of para-hydroxylation sites is 1. The summed E-state index contributed by atoms with van der Waals surface area (Å²) >= 11 is 0. The summed E-state index contributed by atoms with van der Waals surface area (Å²) < 4.78 is 11.0.